The molecule has 15 heavy (non-hydrogen) atoms. The number of carboxylic acids is 1. The van der Waals surface area contributed by atoms with E-state index in [1.165, 1.54) is 6.07 Å². The van der Waals surface area contributed by atoms with Gasteiger partial charge >= 0.3 is 5.97 Å². The summed E-state index contributed by atoms with van der Waals surface area (Å²) in [5, 5.41) is 8.98. The Labute approximate surface area is 86.4 Å². The molecule has 0 atom stereocenters. The van der Waals surface area contributed by atoms with Gasteiger partial charge in [0.05, 0.1) is 5.69 Å². The standard InChI is InChI=1S/C10H11NO4/c1-10(2)14-6-4-3-5(11)7(9(12)13)8(6)15-10/h3-4H,11H2,1-2H3,(H,12,13). The maximum Gasteiger partial charge on any atom is 0.341 e. The highest BCUT2D eigenvalue weighted by Crippen LogP contribution is 2.43. The summed E-state index contributed by atoms with van der Waals surface area (Å²) in [6.45, 7) is 3.41. The Kier molecular flexibility index (Phi) is 1.79. The molecule has 3 N–H and O–H groups in total. The molecule has 0 spiro atoms. The van der Waals surface area contributed by atoms with Crippen molar-refractivity contribution in [2.24, 2.45) is 0 Å². The van der Waals surface area contributed by atoms with Gasteiger partial charge in [0.25, 0.3) is 0 Å². The van der Waals surface area contributed by atoms with E-state index in [-0.39, 0.29) is 17.0 Å². The third kappa shape index (κ3) is 1.45. The van der Waals surface area contributed by atoms with Crippen LogP contribution in [-0.4, -0.2) is 16.9 Å². The predicted octanol–water partition coefficient (Wildman–Crippen LogP) is 1.47. The van der Waals surface area contributed by atoms with Crippen LogP contribution >= 0.6 is 0 Å². The van der Waals surface area contributed by atoms with Gasteiger partial charge in [-0.2, -0.15) is 0 Å². The molecular formula is C10H11NO4. The van der Waals surface area contributed by atoms with Crippen molar-refractivity contribution in [3.8, 4) is 11.5 Å². The van der Waals surface area contributed by atoms with Gasteiger partial charge in [-0.3, -0.25) is 0 Å². The SMILES string of the molecule is CC1(C)Oc2ccc(N)c(C(=O)O)c2O1. The molecule has 0 unspecified atom stereocenters. The molecule has 0 bridgehead atoms. The number of rotatable bonds is 1. The number of hydrogen-bond acceptors (Lipinski definition) is 4. The van der Waals surface area contributed by atoms with E-state index in [4.69, 9.17) is 20.3 Å². The first-order valence-electron chi connectivity index (χ1n) is 4.44. The minimum absolute atomic E-state index is 0.0434. The summed E-state index contributed by atoms with van der Waals surface area (Å²) in [6, 6.07) is 3.10. The van der Waals surface area contributed by atoms with Crippen molar-refractivity contribution in [2.45, 2.75) is 19.6 Å². The summed E-state index contributed by atoms with van der Waals surface area (Å²) in [6.07, 6.45) is 0. The van der Waals surface area contributed by atoms with E-state index >= 15 is 0 Å². The van der Waals surface area contributed by atoms with E-state index in [9.17, 15) is 4.79 Å². The Hall–Kier alpha value is -1.91. The van der Waals surface area contributed by atoms with Crippen LogP contribution in [0.4, 0.5) is 5.69 Å². The highest BCUT2D eigenvalue weighted by Gasteiger charge is 2.35. The first kappa shape index (κ1) is 9.64. The fourth-order valence-electron chi connectivity index (χ4n) is 1.51. The molecule has 0 amide bonds. The van der Waals surface area contributed by atoms with Crippen molar-refractivity contribution in [2.75, 3.05) is 5.73 Å². The Balaban J connectivity index is 2.60. The molecule has 0 saturated carbocycles. The van der Waals surface area contributed by atoms with Crippen LogP contribution in [0, 0.1) is 0 Å². The number of hydrogen-bond donors (Lipinski definition) is 2. The van der Waals surface area contributed by atoms with Gasteiger partial charge < -0.3 is 20.3 Å². The predicted molar refractivity (Wildman–Crippen MR) is 53.1 cm³/mol. The van der Waals surface area contributed by atoms with E-state index in [0.717, 1.165) is 0 Å². The van der Waals surface area contributed by atoms with Gasteiger partial charge in [0, 0.05) is 13.8 Å². The van der Waals surface area contributed by atoms with Crippen LogP contribution in [0.3, 0.4) is 0 Å². The normalized spacial score (nSPS) is 16.4. The molecule has 1 aromatic carbocycles. The number of anilines is 1. The second kappa shape index (κ2) is 2.79. The van der Waals surface area contributed by atoms with Crippen molar-refractivity contribution < 1.29 is 19.4 Å². The monoisotopic (exact) mass is 209 g/mol. The van der Waals surface area contributed by atoms with Crippen LogP contribution in [0.5, 0.6) is 11.5 Å². The lowest BCUT2D eigenvalue weighted by Crippen LogP contribution is -2.30. The second-order valence-corrected chi connectivity index (χ2v) is 3.77. The minimum atomic E-state index is -1.12. The topological polar surface area (TPSA) is 81.8 Å². The van der Waals surface area contributed by atoms with Gasteiger partial charge in [0.2, 0.25) is 5.79 Å². The molecule has 2 rings (SSSR count). The molecule has 0 aromatic heterocycles. The third-order valence-electron chi connectivity index (χ3n) is 2.07. The number of benzene rings is 1. The number of carboxylic acid groups (broad SMARTS) is 1. The van der Waals surface area contributed by atoms with Gasteiger partial charge in [-0.15, -0.1) is 0 Å². The lowest BCUT2D eigenvalue weighted by molar-refractivity contribution is -0.0434. The zero-order chi connectivity index (χ0) is 11.2. The van der Waals surface area contributed by atoms with Gasteiger partial charge in [-0.1, -0.05) is 0 Å². The summed E-state index contributed by atoms with van der Waals surface area (Å²) in [7, 11) is 0. The van der Waals surface area contributed by atoms with Gasteiger partial charge in [-0.05, 0) is 12.1 Å². The number of ether oxygens (including phenoxy) is 2. The molecule has 0 aliphatic carbocycles. The first-order valence-corrected chi connectivity index (χ1v) is 4.44. The molecule has 5 nitrogen and oxygen atoms in total. The van der Waals surface area contributed by atoms with Crippen LogP contribution in [0.2, 0.25) is 0 Å². The van der Waals surface area contributed by atoms with Crippen molar-refractivity contribution in [3.05, 3.63) is 17.7 Å². The largest absolute Gasteiger partial charge is 0.477 e. The van der Waals surface area contributed by atoms with E-state index < -0.39 is 11.8 Å². The summed E-state index contributed by atoms with van der Waals surface area (Å²) >= 11 is 0. The van der Waals surface area contributed by atoms with Crippen LogP contribution in [-0.2, 0) is 0 Å². The lowest BCUT2D eigenvalue weighted by Gasteiger charge is -2.16. The zero-order valence-corrected chi connectivity index (χ0v) is 8.40. The molecule has 0 radical (unpaired) electrons. The smallest absolute Gasteiger partial charge is 0.341 e. The van der Waals surface area contributed by atoms with Crippen LogP contribution in [0.1, 0.15) is 24.2 Å². The summed E-state index contributed by atoms with van der Waals surface area (Å²) in [5.41, 5.74) is 5.69. The average molecular weight is 209 g/mol. The lowest BCUT2D eigenvalue weighted by atomic mass is 10.1. The van der Waals surface area contributed by atoms with E-state index in [1.807, 2.05) is 0 Å². The molecule has 0 saturated heterocycles. The Bertz CT molecular complexity index is 439. The molecule has 1 heterocycles. The second-order valence-electron chi connectivity index (χ2n) is 3.77. The number of nitrogen functional groups attached to an aromatic ring is 1. The van der Waals surface area contributed by atoms with Crippen molar-refractivity contribution >= 4 is 11.7 Å². The molecule has 1 aliphatic rings. The van der Waals surface area contributed by atoms with Gasteiger partial charge in [0.15, 0.2) is 11.5 Å². The van der Waals surface area contributed by atoms with Crippen molar-refractivity contribution in [3.63, 3.8) is 0 Å². The average Bonchev–Trinajstić information content (AvgIpc) is 2.37. The van der Waals surface area contributed by atoms with Crippen LogP contribution in [0.15, 0.2) is 12.1 Å². The zero-order valence-electron chi connectivity index (χ0n) is 8.40. The number of aromatic carboxylic acids is 1. The third-order valence-corrected chi connectivity index (χ3v) is 2.07. The summed E-state index contributed by atoms with van der Waals surface area (Å²) < 4.78 is 10.8. The summed E-state index contributed by atoms with van der Waals surface area (Å²) in [5.74, 6) is -1.36. The first-order chi connectivity index (χ1) is 6.91. The number of fused-ring (bicyclic) bond motifs is 1. The van der Waals surface area contributed by atoms with Gasteiger partial charge in [0.1, 0.15) is 5.56 Å². The summed E-state index contributed by atoms with van der Waals surface area (Å²) in [4.78, 5) is 11.0. The fourth-order valence-corrected chi connectivity index (χ4v) is 1.51. The highest BCUT2D eigenvalue weighted by atomic mass is 16.7. The highest BCUT2D eigenvalue weighted by molar-refractivity contribution is 5.98. The molecule has 80 valence electrons. The maximum absolute atomic E-state index is 11.0. The fraction of sp³-hybridized carbons (Fsp3) is 0.300. The van der Waals surface area contributed by atoms with Crippen LogP contribution in [0.25, 0.3) is 0 Å². The molecule has 0 fully saturated rings. The number of nitrogens with two attached hydrogens (primary N) is 1. The van der Waals surface area contributed by atoms with Crippen molar-refractivity contribution in [1.29, 1.82) is 0 Å². The van der Waals surface area contributed by atoms with E-state index in [0.29, 0.717) is 5.75 Å². The Morgan fingerprint density at radius 3 is 2.67 bits per heavy atom. The van der Waals surface area contributed by atoms with Crippen molar-refractivity contribution in [1.82, 2.24) is 0 Å². The molecule has 1 aliphatic heterocycles. The molecule has 5 heteroatoms. The Morgan fingerprint density at radius 2 is 2.07 bits per heavy atom. The minimum Gasteiger partial charge on any atom is -0.477 e. The van der Waals surface area contributed by atoms with Crippen LogP contribution < -0.4 is 15.2 Å². The molecular weight excluding hydrogens is 198 g/mol. The number of carbonyl (C=O) groups is 1. The van der Waals surface area contributed by atoms with E-state index in [1.54, 1.807) is 19.9 Å². The quantitative estimate of drug-likeness (QED) is 0.684. The Morgan fingerprint density at radius 1 is 1.40 bits per heavy atom. The van der Waals surface area contributed by atoms with E-state index in [2.05, 4.69) is 0 Å². The maximum atomic E-state index is 11.0. The van der Waals surface area contributed by atoms with Gasteiger partial charge in [-0.25, -0.2) is 4.79 Å². The molecule has 1 aromatic rings.